The van der Waals surface area contributed by atoms with Gasteiger partial charge in [0.1, 0.15) is 22.7 Å². The van der Waals surface area contributed by atoms with E-state index in [2.05, 4.69) is 37.8 Å². The number of H-pyrrole nitrogens is 1. The third kappa shape index (κ3) is 3.12. The van der Waals surface area contributed by atoms with E-state index in [-0.39, 0.29) is 0 Å². The third-order valence-corrected chi connectivity index (χ3v) is 5.02. The average molecular weight is 350 g/mol. The summed E-state index contributed by atoms with van der Waals surface area (Å²) in [6.45, 7) is 7.69. The van der Waals surface area contributed by atoms with Crippen molar-refractivity contribution in [2.45, 2.75) is 13.3 Å². The quantitative estimate of drug-likeness (QED) is 0.547. The maximum absolute atomic E-state index is 9.57. The number of fused-ring (bicyclic) bond motifs is 3. The van der Waals surface area contributed by atoms with Crippen molar-refractivity contribution in [2.24, 2.45) is 0 Å². The number of benzene rings is 1. The molecule has 4 rings (SSSR count). The number of rotatable bonds is 5. The van der Waals surface area contributed by atoms with Crippen LogP contribution in [0, 0.1) is 18.3 Å². The first kappa shape index (κ1) is 16.8. The second-order valence-corrected chi connectivity index (χ2v) is 6.76. The zero-order valence-corrected chi connectivity index (χ0v) is 15.1. The van der Waals surface area contributed by atoms with Gasteiger partial charge in [-0.05, 0) is 31.0 Å². The van der Waals surface area contributed by atoms with Gasteiger partial charge in [0.15, 0.2) is 0 Å². The minimum Gasteiger partial charge on any atom is -0.379 e. The molecule has 0 spiro atoms. The number of pyridine rings is 1. The molecular formula is C20H24N5O+. The third-order valence-electron chi connectivity index (χ3n) is 5.02. The molecule has 26 heavy (non-hydrogen) atoms. The van der Waals surface area contributed by atoms with Gasteiger partial charge in [-0.25, -0.2) is 0 Å². The lowest BCUT2D eigenvalue weighted by molar-refractivity contribution is -0.465. The Kier molecular flexibility index (Phi) is 4.74. The average Bonchev–Trinajstić information content (AvgIpc) is 3.05. The van der Waals surface area contributed by atoms with Crippen molar-refractivity contribution in [1.29, 1.82) is 5.26 Å². The summed E-state index contributed by atoms with van der Waals surface area (Å²) in [7, 11) is 0. The maximum Gasteiger partial charge on any atom is 0.250 e. The molecule has 134 valence electrons. The van der Waals surface area contributed by atoms with Crippen molar-refractivity contribution in [3.8, 4) is 6.07 Å². The number of aromatic nitrogens is 2. The van der Waals surface area contributed by atoms with E-state index in [0.29, 0.717) is 5.56 Å². The monoisotopic (exact) mass is 350 g/mol. The fraction of sp³-hybridized carbons (Fsp3) is 0.400. The predicted octanol–water partition coefficient (Wildman–Crippen LogP) is 2.22. The van der Waals surface area contributed by atoms with Gasteiger partial charge < -0.3 is 10.1 Å². The highest BCUT2D eigenvalue weighted by atomic mass is 16.5. The topological polar surface area (TPSA) is 68.2 Å². The molecule has 2 aromatic heterocycles. The van der Waals surface area contributed by atoms with E-state index >= 15 is 0 Å². The van der Waals surface area contributed by atoms with E-state index in [4.69, 9.17) is 4.74 Å². The SMILES string of the molecule is Cc1cc(NCCCN2CCOCC2)[n+]2c([nH]c3ccccc32)c1C#N. The summed E-state index contributed by atoms with van der Waals surface area (Å²) in [6.07, 6.45) is 1.07. The molecule has 6 heteroatoms. The number of nitrogens with one attached hydrogen (secondary N) is 2. The van der Waals surface area contributed by atoms with Gasteiger partial charge in [0.05, 0.1) is 19.8 Å². The number of nitriles is 1. The van der Waals surface area contributed by atoms with Crippen LogP contribution in [0.2, 0.25) is 0 Å². The van der Waals surface area contributed by atoms with Crippen LogP contribution in [0.4, 0.5) is 5.82 Å². The molecule has 0 radical (unpaired) electrons. The number of imidazole rings is 1. The molecule has 1 fully saturated rings. The summed E-state index contributed by atoms with van der Waals surface area (Å²) in [5.41, 5.74) is 4.64. The molecule has 1 aliphatic heterocycles. The summed E-state index contributed by atoms with van der Waals surface area (Å²) in [4.78, 5) is 5.85. The number of hydrogen-bond acceptors (Lipinski definition) is 4. The normalized spacial score (nSPS) is 15.4. The van der Waals surface area contributed by atoms with Gasteiger partial charge in [0.25, 0.3) is 0 Å². The molecule has 3 aromatic rings. The molecule has 0 amide bonds. The second-order valence-electron chi connectivity index (χ2n) is 6.76. The molecule has 0 atom stereocenters. The van der Waals surface area contributed by atoms with Crippen molar-refractivity contribution in [3.05, 3.63) is 41.5 Å². The molecule has 0 aliphatic carbocycles. The van der Waals surface area contributed by atoms with Crippen LogP contribution in [0.1, 0.15) is 17.5 Å². The summed E-state index contributed by atoms with van der Waals surface area (Å²) >= 11 is 0. The zero-order valence-electron chi connectivity index (χ0n) is 15.1. The Morgan fingerprint density at radius 3 is 2.92 bits per heavy atom. The van der Waals surface area contributed by atoms with Gasteiger partial charge in [0, 0.05) is 25.7 Å². The summed E-state index contributed by atoms with van der Waals surface area (Å²) in [6, 6.07) is 12.6. The van der Waals surface area contributed by atoms with E-state index in [9.17, 15) is 5.26 Å². The Labute approximate surface area is 153 Å². The van der Waals surface area contributed by atoms with Gasteiger partial charge in [-0.2, -0.15) is 9.66 Å². The molecule has 2 N–H and O–H groups in total. The number of ether oxygens (including phenoxy) is 1. The van der Waals surface area contributed by atoms with Gasteiger partial charge in [-0.15, -0.1) is 0 Å². The first-order valence-corrected chi connectivity index (χ1v) is 9.18. The van der Waals surface area contributed by atoms with Crippen LogP contribution in [0.3, 0.4) is 0 Å². The lowest BCUT2D eigenvalue weighted by atomic mass is 10.1. The molecule has 0 saturated carbocycles. The number of morpholine rings is 1. The molecule has 1 aromatic carbocycles. The number of aryl methyl sites for hydroxylation is 1. The fourth-order valence-corrected chi connectivity index (χ4v) is 3.65. The molecule has 3 heterocycles. The highest BCUT2D eigenvalue weighted by Crippen LogP contribution is 2.20. The summed E-state index contributed by atoms with van der Waals surface area (Å²) in [5, 5.41) is 13.1. The molecule has 6 nitrogen and oxygen atoms in total. The number of anilines is 1. The van der Waals surface area contributed by atoms with E-state index in [0.717, 1.165) is 73.9 Å². The Morgan fingerprint density at radius 2 is 2.12 bits per heavy atom. The van der Waals surface area contributed by atoms with Crippen LogP contribution in [0.15, 0.2) is 30.3 Å². The lowest BCUT2D eigenvalue weighted by Crippen LogP contribution is -2.37. The standard InChI is InChI=1S/C20H23N5O/c1-15-13-19(22-7-4-8-24-9-11-26-12-10-24)25-18-6-3-2-5-17(18)23-20(25)16(15)14-21/h2-3,5-6,13H,4,7-12H2,1H3,(H,22,23)/p+1. The second kappa shape index (κ2) is 7.32. The Morgan fingerprint density at radius 1 is 1.31 bits per heavy atom. The highest BCUT2D eigenvalue weighted by Gasteiger charge is 2.20. The molecule has 1 aliphatic rings. The van der Waals surface area contributed by atoms with Crippen molar-refractivity contribution in [3.63, 3.8) is 0 Å². The predicted molar refractivity (Wildman–Crippen MR) is 101 cm³/mol. The molecule has 0 unspecified atom stereocenters. The van der Waals surface area contributed by atoms with Crippen LogP contribution in [0.5, 0.6) is 0 Å². The van der Waals surface area contributed by atoms with E-state index in [1.54, 1.807) is 0 Å². The van der Waals surface area contributed by atoms with E-state index < -0.39 is 0 Å². The Hall–Kier alpha value is -2.62. The van der Waals surface area contributed by atoms with Crippen molar-refractivity contribution in [1.82, 2.24) is 9.88 Å². The van der Waals surface area contributed by atoms with Crippen LogP contribution < -0.4 is 9.72 Å². The minimum absolute atomic E-state index is 0.695. The summed E-state index contributed by atoms with van der Waals surface area (Å²) in [5.74, 6) is 1.02. The summed E-state index contributed by atoms with van der Waals surface area (Å²) < 4.78 is 7.52. The first-order valence-electron chi connectivity index (χ1n) is 9.18. The van der Waals surface area contributed by atoms with E-state index in [1.807, 2.05) is 25.1 Å². The molecular weight excluding hydrogens is 326 g/mol. The van der Waals surface area contributed by atoms with Gasteiger partial charge in [-0.3, -0.25) is 9.88 Å². The van der Waals surface area contributed by atoms with Crippen LogP contribution in [-0.2, 0) is 4.74 Å². The molecule has 0 bridgehead atoms. The smallest absolute Gasteiger partial charge is 0.250 e. The maximum atomic E-state index is 9.57. The minimum atomic E-state index is 0.695. The van der Waals surface area contributed by atoms with Gasteiger partial charge in [0.2, 0.25) is 11.5 Å². The van der Waals surface area contributed by atoms with Gasteiger partial charge >= 0.3 is 0 Å². The van der Waals surface area contributed by atoms with E-state index in [1.165, 1.54) is 0 Å². The molecule has 1 saturated heterocycles. The highest BCUT2D eigenvalue weighted by molar-refractivity contribution is 5.77. The lowest BCUT2D eigenvalue weighted by Gasteiger charge is -2.26. The van der Waals surface area contributed by atoms with Crippen LogP contribution in [-0.4, -0.2) is 49.3 Å². The number of para-hydroxylation sites is 2. The van der Waals surface area contributed by atoms with Crippen molar-refractivity contribution in [2.75, 3.05) is 44.7 Å². The van der Waals surface area contributed by atoms with Crippen molar-refractivity contribution >= 4 is 22.5 Å². The van der Waals surface area contributed by atoms with Crippen LogP contribution >= 0.6 is 0 Å². The number of nitrogens with zero attached hydrogens (tertiary/aromatic N) is 3. The fourth-order valence-electron chi connectivity index (χ4n) is 3.65. The Bertz CT molecular complexity index is 966. The first-order chi connectivity index (χ1) is 12.8. The number of aromatic amines is 1. The zero-order chi connectivity index (χ0) is 17.9. The number of hydrogen-bond donors (Lipinski definition) is 2. The largest absolute Gasteiger partial charge is 0.379 e. The van der Waals surface area contributed by atoms with Crippen molar-refractivity contribution < 1.29 is 9.14 Å². The van der Waals surface area contributed by atoms with Gasteiger partial charge in [-0.1, -0.05) is 12.1 Å². The van der Waals surface area contributed by atoms with Crippen LogP contribution in [0.25, 0.3) is 16.7 Å². The Balaban J connectivity index is 1.59.